The molecule has 0 radical (unpaired) electrons. The number of nitrogens with two attached hydrogens (primary N) is 2. The fraction of sp³-hybridized carbons (Fsp3) is 0.381. The van der Waals surface area contributed by atoms with E-state index in [0.29, 0.717) is 22.9 Å². The summed E-state index contributed by atoms with van der Waals surface area (Å²) in [6.07, 6.45) is 14.6. The summed E-state index contributed by atoms with van der Waals surface area (Å²) in [6.45, 7) is 5.64. The number of fused-ring (bicyclic) bond motifs is 2. The molecule has 0 bridgehead atoms. The molecule has 2 aliphatic rings. The molecule has 18 heteroatoms. The monoisotopic (exact) mass is 811 g/mol. The Hall–Kier alpha value is -6.82. The highest BCUT2D eigenvalue weighted by atomic mass is 16.5. The van der Waals surface area contributed by atoms with Gasteiger partial charge in [-0.2, -0.15) is 29.4 Å². The molecule has 0 spiro atoms. The minimum Gasteiger partial charge on any atom is -0.464 e. The van der Waals surface area contributed by atoms with Gasteiger partial charge in [0.2, 0.25) is 5.91 Å². The van der Waals surface area contributed by atoms with Gasteiger partial charge in [-0.1, -0.05) is 12.1 Å². The Bertz CT molecular complexity index is 2670. The van der Waals surface area contributed by atoms with Gasteiger partial charge < -0.3 is 31.3 Å². The average molecular weight is 812 g/mol. The van der Waals surface area contributed by atoms with Crippen LogP contribution in [0.15, 0.2) is 73.6 Å². The molecule has 8 heterocycles. The number of nitrogens with one attached hydrogen (secondary N) is 1. The second-order valence-corrected chi connectivity index (χ2v) is 15.8. The van der Waals surface area contributed by atoms with Crippen molar-refractivity contribution in [2.75, 3.05) is 63.2 Å². The lowest BCUT2D eigenvalue weighted by atomic mass is 9.93. The van der Waals surface area contributed by atoms with Crippen molar-refractivity contribution >= 4 is 40.5 Å². The molecule has 18 nitrogen and oxygen atoms in total. The van der Waals surface area contributed by atoms with Crippen LogP contribution in [0, 0.1) is 0 Å². The third kappa shape index (κ3) is 7.38. The first-order chi connectivity index (χ1) is 29.1. The van der Waals surface area contributed by atoms with E-state index in [0.717, 1.165) is 96.8 Å². The number of likely N-dealkylation sites (N-methyl/N-ethyl adjacent to an activating group) is 1. The van der Waals surface area contributed by atoms with Crippen LogP contribution in [0.1, 0.15) is 67.4 Å². The minimum atomic E-state index is -0.810. The molecule has 7 aromatic rings. The molecule has 0 saturated carbocycles. The van der Waals surface area contributed by atoms with Crippen LogP contribution in [0.2, 0.25) is 0 Å². The molecule has 2 fully saturated rings. The van der Waals surface area contributed by atoms with Gasteiger partial charge in [0, 0.05) is 98.0 Å². The highest BCUT2D eigenvalue weighted by Crippen LogP contribution is 2.34. The number of carbonyl (C=O) groups is 2. The van der Waals surface area contributed by atoms with Crippen LogP contribution in [0.3, 0.4) is 0 Å². The lowest BCUT2D eigenvalue weighted by molar-refractivity contribution is -0.146. The van der Waals surface area contributed by atoms with Gasteiger partial charge in [0.05, 0.1) is 42.8 Å². The Balaban J connectivity index is 0.949. The average Bonchev–Trinajstić information content (AvgIpc) is 4.09. The zero-order valence-corrected chi connectivity index (χ0v) is 34.0. The topological polar surface area (TPSA) is 210 Å². The number of nitrogens with zero attached hydrogens (tertiary/aromatic N) is 12. The number of aromatic nitrogens is 10. The maximum absolute atomic E-state index is 13.6. The number of hydrogen-bond acceptors (Lipinski definition) is 13. The van der Waals surface area contributed by atoms with Crippen molar-refractivity contribution in [3.8, 4) is 22.3 Å². The number of hydrogen-bond donors (Lipinski definition) is 3. The molecule has 6 aromatic heterocycles. The van der Waals surface area contributed by atoms with Gasteiger partial charge in [0.15, 0.2) is 17.3 Å². The smallest absolute Gasteiger partial charge is 0.335 e. The number of ether oxygens (including phenoxy) is 1. The van der Waals surface area contributed by atoms with Crippen molar-refractivity contribution in [1.82, 2.24) is 59.0 Å². The van der Waals surface area contributed by atoms with Gasteiger partial charge in [-0.15, -0.1) is 0 Å². The summed E-state index contributed by atoms with van der Waals surface area (Å²) in [5.41, 5.74) is 21.0. The second-order valence-electron chi connectivity index (χ2n) is 15.8. The van der Waals surface area contributed by atoms with Crippen LogP contribution in [0.4, 0.5) is 17.3 Å². The maximum atomic E-state index is 13.6. The first-order valence-corrected chi connectivity index (χ1v) is 20.4. The van der Waals surface area contributed by atoms with Crippen LogP contribution < -0.4 is 21.7 Å². The number of benzene rings is 1. The highest BCUT2D eigenvalue weighted by molar-refractivity contribution is 5.81. The van der Waals surface area contributed by atoms with Crippen molar-refractivity contribution in [1.29, 1.82) is 0 Å². The Morgan fingerprint density at radius 1 is 0.850 bits per heavy atom. The lowest BCUT2D eigenvalue weighted by Crippen LogP contribution is -2.34. The number of carbonyl (C=O) groups excluding carboxylic acids is 2. The van der Waals surface area contributed by atoms with E-state index in [1.165, 1.54) is 4.90 Å². The van der Waals surface area contributed by atoms with Gasteiger partial charge in [-0.05, 0) is 56.8 Å². The van der Waals surface area contributed by atoms with E-state index >= 15 is 0 Å². The largest absolute Gasteiger partial charge is 0.464 e. The summed E-state index contributed by atoms with van der Waals surface area (Å²) < 4.78 is 12.1. The Labute approximate surface area is 346 Å². The zero-order chi connectivity index (χ0) is 41.5. The molecule has 3 atom stereocenters. The normalized spacial score (nSPS) is 17.6. The standard InChI is InChI=1S/C42H49N15O3/c1-4-60-42(59)39(55-24-30(19-47-55)33-21-49-56-36(43)15-34(50-41(33)56)27-7-5-13-45-17-27)26-9-11-31(12-10-26)53-14-6-8-28(22-53)35-16-37(44)57-40(51-35)32(20-48-57)29-18-46-54(23-29)25-38(58)52(2)3/h9-12,15-16,18-21,23-24,27-28,39,45H,4-8,13-14,17,22,25,43-44H2,1-3H3. The number of rotatable bonds is 11. The molecule has 0 aliphatic carbocycles. The fourth-order valence-electron chi connectivity index (χ4n) is 8.37. The summed E-state index contributed by atoms with van der Waals surface area (Å²) >= 11 is 0. The van der Waals surface area contributed by atoms with E-state index in [1.807, 2.05) is 48.8 Å². The fourth-order valence-corrected chi connectivity index (χ4v) is 8.37. The number of amides is 1. The molecule has 2 saturated heterocycles. The first-order valence-electron chi connectivity index (χ1n) is 20.4. The van der Waals surface area contributed by atoms with Crippen molar-refractivity contribution in [3.05, 3.63) is 90.5 Å². The van der Waals surface area contributed by atoms with Gasteiger partial charge in [-0.25, -0.2) is 14.8 Å². The SMILES string of the molecule is CCOC(=O)C(c1ccc(N2CCCC(c3cc(N)n4ncc(-c5cnn(CC(=O)N(C)C)c5)c4n3)C2)cc1)n1cc(-c2cnn3c(N)cc(C4CCCNC4)nc23)cn1. The van der Waals surface area contributed by atoms with E-state index in [1.54, 1.807) is 64.2 Å². The van der Waals surface area contributed by atoms with Gasteiger partial charge in [-0.3, -0.25) is 14.2 Å². The van der Waals surface area contributed by atoms with Gasteiger partial charge in [0.25, 0.3) is 0 Å². The van der Waals surface area contributed by atoms with Crippen LogP contribution in [0.25, 0.3) is 33.5 Å². The van der Waals surface area contributed by atoms with E-state index in [4.69, 9.17) is 26.2 Å². The summed E-state index contributed by atoms with van der Waals surface area (Å²) in [5.74, 6) is 0.947. The zero-order valence-electron chi connectivity index (χ0n) is 34.0. The third-order valence-corrected chi connectivity index (χ3v) is 11.6. The Morgan fingerprint density at radius 3 is 2.15 bits per heavy atom. The number of nitrogen functional groups attached to an aromatic ring is 2. The lowest BCUT2D eigenvalue weighted by Gasteiger charge is -2.34. The number of esters is 1. The molecule has 60 heavy (non-hydrogen) atoms. The van der Waals surface area contributed by atoms with Crippen molar-refractivity contribution in [2.24, 2.45) is 0 Å². The molecular formula is C42H49N15O3. The molecule has 3 unspecified atom stereocenters. The van der Waals surface area contributed by atoms with Crippen molar-refractivity contribution in [2.45, 2.75) is 57.0 Å². The van der Waals surface area contributed by atoms with Gasteiger partial charge >= 0.3 is 5.97 Å². The predicted molar refractivity (Wildman–Crippen MR) is 226 cm³/mol. The summed E-state index contributed by atoms with van der Waals surface area (Å²) in [5, 5.41) is 21.6. The quantitative estimate of drug-likeness (QED) is 0.159. The predicted octanol–water partition coefficient (Wildman–Crippen LogP) is 3.76. The van der Waals surface area contributed by atoms with E-state index < -0.39 is 12.0 Å². The molecule has 1 aromatic carbocycles. The molecule has 1 amide bonds. The summed E-state index contributed by atoms with van der Waals surface area (Å²) in [7, 11) is 3.44. The number of anilines is 3. The highest BCUT2D eigenvalue weighted by Gasteiger charge is 2.29. The van der Waals surface area contributed by atoms with Crippen LogP contribution in [0.5, 0.6) is 0 Å². The molecule has 5 N–H and O–H groups in total. The molecule has 2 aliphatic heterocycles. The summed E-state index contributed by atoms with van der Waals surface area (Å²) in [6, 6.07) is 11.0. The first kappa shape index (κ1) is 38.7. The minimum absolute atomic E-state index is 0.0536. The van der Waals surface area contributed by atoms with Crippen LogP contribution in [-0.2, 0) is 20.9 Å². The van der Waals surface area contributed by atoms with Crippen molar-refractivity contribution in [3.63, 3.8) is 0 Å². The molecule has 9 rings (SSSR count). The Morgan fingerprint density at radius 2 is 1.50 bits per heavy atom. The molecular weight excluding hydrogens is 763 g/mol. The van der Waals surface area contributed by atoms with E-state index in [2.05, 4.69) is 30.6 Å². The summed E-state index contributed by atoms with van der Waals surface area (Å²) in [4.78, 5) is 39.9. The second kappa shape index (κ2) is 16.1. The van der Waals surface area contributed by atoms with Crippen molar-refractivity contribution < 1.29 is 14.3 Å². The van der Waals surface area contributed by atoms with Crippen LogP contribution >= 0.6 is 0 Å². The Kier molecular flexibility index (Phi) is 10.4. The third-order valence-electron chi connectivity index (χ3n) is 11.6. The molecule has 310 valence electrons. The van der Waals surface area contributed by atoms with E-state index in [9.17, 15) is 9.59 Å². The maximum Gasteiger partial charge on any atom is 0.335 e. The van der Waals surface area contributed by atoms with E-state index in [-0.39, 0.29) is 30.9 Å². The van der Waals surface area contributed by atoms with Gasteiger partial charge in [0.1, 0.15) is 18.2 Å². The van der Waals surface area contributed by atoms with Crippen LogP contribution in [-0.4, -0.2) is 112 Å². The number of piperidine rings is 2.